The summed E-state index contributed by atoms with van der Waals surface area (Å²) in [4.78, 5) is 21.8. The van der Waals surface area contributed by atoms with E-state index in [-0.39, 0.29) is 42.1 Å². The van der Waals surface area contributed by atoms with Crippen LogP contribution in [0.3, 0.4) is 0 Å². The molecule has 12 heteroatoms. The van der Waals surface area contributed by atoms with Gasteiger partial charge < -0.3 is 10.2 Å². The molecule has 0 saturated carbocycles. The molecule has 3 aromatic rings. The monoisotopic (exact) mass is 605 g/mol. The quantitative estimate of drug-likeness (QED) is 0.323. The van der Waals surface area contributed by atoms with E-state index in [4.69, 9.17) is 11.6 Å². The Labute approximate surface area is 244 Å². The van der Waals surface area contributed by atoms with Crippen molar-refractivity contribution in [1.82, 2.24) is 19.8 Å². The van der Waals surface area contributed by atoms with E-state index in [1.807, 2.05) is 19.1 Å². The Kier molecular flexibility index (Phi) is 11.5. The summed E-state index contributed by atoms with van der Waals surface area (Å²) in [6.45, 7) is 10.2. The van der Waals surface area contributed by atoms with E-state index >= 15 is 0 Å². The SMILES string of the molecule is Cc1c(Cl)cccc1N1CCN(CCCNC(=O)c2nc(C)n(-c3ccccc3C(F)(F)F)c2C)CC1.Cl.Cl. The molecule has 1 fully saturated rings. The number of hydrogen-bond acceptors (Lipinski definition) is 4. The molecule has 0 spiro atoms. The normalized spacial score (nSPS) is 14.0. The van der Waals surface area contributed by atoms with Crippen LogP contribution in [0.25, 0.3) is 5.69 Å². The molecular weight excluding hydrogens is 574 g/mol. The van der Waals surface area contributed by atoms with Gasteiger partial charge >= 0.3 is 6.18 Å². The molecule has 0 bridgehead atoms. The molecule has 4 rings (SSSR count). The largest absolute Gasteiger partial charge is 0.418 e. The highest BCUT2D eigenvalue weighted by Gasteiger charge is 2.34. The summed E-state index contributed by atoms with van der Waals surface area (Å²) in [5.74, 6) is -0.0581. The first-order valence-corrected chi connectivity index (χ1v) is 12.7. The van der Waals surface area contributed by atoms with Crippen molar-refractivity contribution in [3.8, 4) is 5.69 Å². The van der Waals surface area contributed by atoms with Gasteiger partial charge in [-0.1, -0.05) is 29.8 Å². The number of amides is 1. The number of rotatable bonds is 7. The van der Waals surface area contributed by atoms with Crippen LogP contribution in [0.15, 0.2) is 42.5 Å². The van der Waals surface area contributed by atoms with E-state index < -0.39 is 11.7 Å². The fraction of sp³-hybridized carbons (Fsp3) is 0.407. The van der Waals surface area contributed by atoms with Crippen molar-refractivity contribution in [2.45, 2.75) is 33.4 Å². The molecule has 1 saturated heterocycles. The van der Waals surface area contributed by atoms with Crippen LogP contribution in [0.2, 0.25) is 5.02 Å². The van der Waals surface area contributed by atoms with E-state index in [1.165, 1.54) is 22.4 Å². The van der Waals surface area contributed by atoms with Gasteiger partial charge in [0.05, 0.1) is 16.9 Å². The van der Waals surface area contributed by atoms with Gasteiger partial charge in [-0.2, -0.15) is 13.2 Å². The minimum Gasteiger partial charge on any atom is -0.369 e. The highest BCUT2D eigenvalue weighted by Crippen LogP contribution is 2.35. The smallest absolute Gasteiger partial charge is 0.369 e. The molecule has 2 heterocycles. The Bertz CT molecular complexity index is 1270. The predicted octanol–water partition coefficient (Wildman–Crippen LogP) is 6.26. The zero-order chi connectivity index (χ0) is 26.7. The standard InChI is InChI=1S/C27H31ClF3N5O.2ClH/c1-18-22(28)9-6-11-23(18)35-16-14-34(15-17-35)13-7-12-32-26(37)25-19(2)36(20(3)33-25)24-10-5-4-8-21(24)27(29,30)31;;/h4-6,8-11H,7,12-17H2,1-3H3,(H,32,37);2*1H. The maximum Gasteiger partial charge on any atom is 0.418 e. The molecule has 214 valence electrons. The van der Waals surface area contributed by atoms with Crippen LogP contribution in [-0.4, -0.2) is 59.6 Å². The van der Waals surface area contributed by atoms with Gasteiger partial charge in [0.25, 0.3) is 5.91 Å². The summed E-state index contributed by atoms with van der Waals surface area (Å²) in [5, 5.41) is 3.65. The number of aromatic nitrogens is 2. The second-order valence-electron chi connectivity index (χ2n) is 9.27. The number of benzene rings is 2. The van der Waals surface area contributed by atoms with Gasteiger partial charge in [0, 0.05) is 43.4 Å². The van der Waals surface area contributed by atoms with E-state index in [2.05, 4.69) is 26.2 Å². The third-order valence-electron chi connectivity index (χ3n) is 6.83. The molecule has 1 aromatic heterocycles. The topological polar surface area (TPSA) is 53.4 Å². The Balaban J connectivity index is 0.00000267. The Morgan fingerprint density at radius 3 is 2.28 bits per heavy atom. The van der Waals surface area contributed by atoms with Crippen molar-refractivity contribution in [2.24, 2.45) is 0 Å². The summed E-state index contributed by atoms with van der Waals surface area (Å²) in [6, 6.07) is 11.3. The number of carbonyl (C=O) groups is 1. The van der Waals surface area contributed by atoms with Crippen molar-refractivity contribution in [3.63, 3.8) is 0 Å². The highest BCUT2D eigenvalue weighted by atomic mass is 35.5. The van der Waals surface area contributed by atoms with Gasteiger partial charge in [-0.25, -0.2) is 4.98 Å². The number of nitrogens with zero attached hydrogens (tertiary/aromatic N) is 4. The lowest BCUT2D eigenvalue weighted by atomic mass is 10.1. The predicted molar refractivity (Wildman–Crippen MR) is 154 cm³/mol. The molecule has 1 aliphatic heterocycles. The number of alkyl halides is 3. The maximum atomic E-state index is 13.5. The van der Waals surface area contributed by atoms with Crippen molar-refractivity contribution in [2.75, 3.05) is 44.2 Å². The van der Waals surface area contributed by atoms with Crippen molar-refractivity contribution < 1.29 is 18.0 Å². The Morgan fingerprint density at radius 2 is 1.62 bits per heavy atom. The highest BCUT2D eigenvalue weighted by molar-refractivity contribution is 6.31. The summed E-state index contributed by atoms with van der Waals surface area (Å²) in [6.07, 6.45) is -3.75. The van der Waals surface area contributed by atoms with E-state index in [9.17, 15) is 18.0 Å². The van der Waals surface area contributed by atoms with Gasteiger partial charge in [0.2, 0.25) is 0 Å². The minimum atomic E-state index is -4.51. The molecule has 6 nitrogen and oxygen atoms in total. The molecule has 1 aliphatic rings. The number of piperazine rings is 1. The summed E-state index contributed by atoms with van der Waals surface area (Å²) >= 11 is 6.27. The zero-order valence-corrected chi connectivity index (χ0v) is 24.4. The van der Waals surface area contributed by atoms with Gasteiger partial charge in [0.1, 0.15) is 11.5 Å². The van der Waals surface area contributed by atoms with E-state index in [0.717, 1.165) is 55.8 Å². The summed E-state index contributed by atoms with van der Waals surface area (Å²) in [5.41, 5.74) is 1.97. The minimum absolute atomic E-state index is 0. The van der Waals surface area contributed by atoms with Crippen LogP contribution >= 0.6 is 36.4 Å². The molecule has 1 amide bonds. The first-order valence-electron chi connectivity index (χ1n) is 12.3. The van der Waals surface area contributed by atoms with Gasteiger partial charge in [0.15, 0.2) is 0 Å². The Hall–Kier alpha value is -2.46. The van der Waals surface area contributed by atoms with Crippen LogP contribution in [-0.2, 0) is 6.18 Å². The number of para-hydroxylation sites is 1. The van der Waals surface area contributed by atoms with Crippen LogP contribution in [0.4, 0.5) is 18.9 Å². The third kappa shape index (κ3) is 7.39. The van der Waals surface area contributed by atoms with Crippen LogP contribution in [0.5, 0.6) is 0 Å². The first-order chi connectivity index (χ1) is 17.6. The zero-order valence-electron chi connectivity index (χ0n) is 22.0. The molecular formula is C27H33Cl3F3N5O. The molecule has 2 aromatic carbocycles. The number of halogens is 6. The lowest BCUT2D eigenvalue weighted by Gasteiger charge is -2.37. The maximum absolute atomic E-state index is 13.5. The molecule has 39 heavy (non-hydrogen) atoms. The van der Waals surface area contributed by atoms with Crippen molar-refractivity contribution in [1.29, 1.82) is 0 Å². The number of imidazole rings is 1. The molecule has 1 N–H and O–H groups in total. The van der Waals surface area contributed by atoms with Crippen molar-refractivity contribution in [3.05, 3.63) is 75.8 Å². The average molecular weight is 607 g/mol. The first kappa shape index (κ1) is 32.8. The molecule has 0 radical (unpaired) electrons. The van der Waals surface area contributed by atoms with Crippen LogP contribution < -0.4 is 10.2 Å². The number of nitrogens with one attached hydrogen (secondary N) is 1. The summed E-state index contributed by atoms with van der Waals surface area (Å²) in [7, 11) is 0. The van der Waals surface area contributed by atoms with Crippen molar-refractivity contribution >= 4 is 48.0 Å². The van der Waals surface area contributed by atoms with E-state index in [0.29, 0.717) is 18.1 Å². The fourth-order valence-electron chi connectivity index (χ4n) is 4.86. The lowest BCUT2D eigenvalue weighted by Crippen LogP contribution is -2.47. The second-order valence-corrected chi connectivity index (χ2v) is 9.67. The number of anilines is 1. The lowest BCUT2D eigenvalue weighted by molar-refractivity contribution is -0.137. The Morgan fingerprint density at radius 1 is 0.974 bits per heavy atom. The number of hydrogen-bond donors (Lipinski definition) is 1. The second kappa shape index (κ2) is 13.7. The van der Waals surface area contributed by atoms with Gasteiger partial charge in [-0.05, 0) is 63.6 Å². The molecule has 0 atom stereocenters. The average Bonchev–Trinajstić information content (AvgIpc) is 3.17. The van der Waals surface area contributed by atoms with E-state index in [1.54, 1.807) is 19.9 Å². The number of carbonyl (C=O) groups excluding carboxylic acids is 1. The summed E-state index contributed by atoms with van der Waals surface area (Å²) < 4.78 is 42.0. The molecule has 0 unspecified atom stereocenters. The molecule has 0 aliphatic carbocycles. The number of aryl methyl sites for hydroxylation is 1. The van der Waals surface area contributed by atoms with Crippen LogP contribution in [0, 0.1) is 20.8 Å². The third-order valence-corrected chi connectivity index (χ3v) is 7.24. The van der Waals surface area contributed by atoms with Gasteiger partial charge in [-0.15, -0.1) is 24.8 Å². The van der Waals surface area contributed by atoms with Crippen LogP contribution in [0.1, 0.15) is 39.6 Å². The van der Waals surface area contributed by atoms with Gasteiger partial charge in [-0.3, -0.25) is 14.3 Å². The fourth-order valence-corrected chi connectivity index (χ4v) is 5.03.